The molecule has 0 spiro atoms. The van der Waals surface area contributed by atoms with Gasteiger partial charge in [-0.3, -0.25) is 4.79 Å². The van der Waals surface area contributed by atoms with E-state index in [0.29, 0.717) is 6.07 Å². The molecule has 0 aliphatic heterocycles. The molecule has 7 nitrogen and oxygen atoms in total. The molecule has 0 aliphatic rings. The Morgan fingerprint density at radius 3 is 2.50 bits per heavy atom. The summed E-state index contributed by atoms with van der Waals surface area (Å²) in [5.74, 6) is -3.27. The van der Waals surface area contributed by atoms with Crippen LogP contribution in [0.3, 0.4) is 0 Å². The maximum atomic E-state index is 13.6. The van der Waals surface area contributed by atoms with Crippen molar-refractivity contribution >= 4 is 21.9 Å². The average Bonchev–Trinajstić information content (AvgIpc) is 2.25. The van der Waals surface area contributed by atoms with Gasteiger partial charge >= 0.3 is 5.97 Å². The Labute approximate surface area is 114 Å². The van der Waals surface area contributed by atoms with Gasteiger partial charge in [0.1, 0.15) is 10.7 Å². The first-order valence-corrected chi connectivity index (χ1v) is 6.95. The van der Waals surface area contributed by atoms with Crippen molar-refractivity contribution in [3.8, 4) is 0 Å². The highest BCUT2D eigenvalue weighted by molar-refractivity contribution is 7.89. The van der Waals surface area contributed by atoms with Crippen LogP contribution in [0.2, 0.25) is 0 Å². The van der Waals surface area contributed by atoms with Crippen LogP contribution in [-0.4, -0.2) is 31.4 Å². The maximum absolute atomic E-state index is 13.6. The van der Waals surface area contributed by atoms with Crippen LogP contribution >= 0.6 is 0 Å². The Kier molecular flexibility index (Phi) is 4.79. The predicted octanol–water partition coefficient (Wildman–Crippen LogP) is 0.0661. The first-order chi connectivity index (χ1) is 9.13. The number of aromatic carboxylic acids is 1. The molecule has 1 atom stereocenters. The topological polar surface area (TPSA) is 127 Å². The second-order valence-electron chi connectivity index (χ2n) is 4.14. The van der Waals surface area contributed by atoms with Gasteiger partial charge in [0.15, 0.2) is 0 Å². The van der Waals surface area contributed by atoms with E-state index in [1.807, 2.05) is 0 Å². The number of carbonyl (C=O) groups is 2. The Morgan fingerprint density at radius 2 is 2.05 bits per heavy atom. The Bertz CT molecular complexity index is 644. The molecule has 1 aromatic rings. The fourth-order valence-corrected chi connectivity index (χ4v) is 2.83. The molecular formula is C11H13FN2O5S. The molecule has 20 heavy (non-hydrogen) atoms. The van der Waals surface area contributed by atoms with Gasteiger partial charge in [-0.2, -0.15) is 0 Å². The average molecular weight is 304 g/mol. The third kappa shape index (κ3) is 4.00. The molecule has 0 radical (unpaired) electrons. The summed E-state index contributed by atoms with van der Waals surface area (Å²) in [7, 11) is -4.20. The summed E-state index contributed by atoms with van der Waals surface area (Å²) >= 11 is 0. The zero-order chi connectivity index (χ0) is 15.5. The molecule has 0 aromatic heterocycles. The van der Waals surface area contributed by atoms with Crippen molar-refractivity contribution in [2.24, 2.45) is 5.73 Å². The van der Waals surface area contributed by atoms with Gasteiger partial charge in [-0.25, -0.2) is 22.3 Å². The van der Waals surface area contributed by atoms with Crippen LogP contribution < -0.4 is 10.5 Å². The highest BCUT2D eigenvalue weighted by Gasteiger charge is 2.23. The summed E-state index contributed by atoms with van der Waals surface area (Å²) < 4.78 is 39.5. The van der Waals surface area contributed by atoms with Gasteiger partial charge in [-0.1, -0.05) is 0 Å². The Hall–Kier alpha value is -2.00. The van der Waals surface area contributed by atoms with E-state index < -0.39 is 38.7 Å². The minimum Gasteiger partial charge on any atom is -0.478 e. The summed E-state index contributed by atoms with van der Waals surface area (Å²) in [5, 5.41) is 8.66. The highest BCUT2D eigenvalue weighted by Crippen LogP contribution is 2.16. The summed E-state index contributed by atoms with van der Waals surface area (Å²) in [4.78, 5) is 20.6. The number of hydrogen-bond acceptors (Lipinski definition) is 4. The number of carbonyl (C=O) groups excluding carboxylic acids is 1. The lowest BCUT2D eigenvalue weighted by atomic mass is 10.2. The number of benzene rings is 1. The van der Waals surface area contributed by atoms with Crippen LogP contribution in [0.5, 0.6) is 0 Å². The number of carboxylic acids is 1. The molecule has 4 N–H and O–H groups in total. The van der Waals surface area contributed by atoms with Crippen molar-refractivity contribution in [3.63, 3.8) is 0 Å². The lowest BCUT2D eigenvalue weighted by molar-refractivity contribution is -0.118. The molecule has 0 heterocycles. The summed E-state index contributed by atoms with van der Waals surface area (Å²) in [5.41, 5.74) is 4.55. The molecule has 0 saturated carbocycles. The predicted molar refractivity (Wildman–Crippen MR) is 67.0 cm³/mol. The number of rotatable bonds is 6. The van der Waals surface area contributed by atoms with Crippen LogP contribution in [0, 0.1) is 5.82 Å². The van der Waals surface area contributed by atoms with Crippen LogP contribution in [0.1, 0.15) is 23.7 Å². The van der Waals surface area contributed by atoms with Crippen molar-refractivity contribution < 1.29 is 27.5 Å². The standard InChI is InChI=1S/C11H13FN2O5S/c1-6(4-10(13)15)14-20(18,19)9-3-2-7(11(16)17)5-8(9)12/h2-3,5-6,14H,4H2,1H3,(H2,13,15)(H,16,17). The van der Waals surface area contributed by atoms with E-state index in [0.717, 1.165) is 12.1 Å². The van der Waals surface area contributed by atoms with E-state index in [4.69, 9.17) is 10.8 Å². The summed E-state index contributed by atoms with van der Waals surface area (Å²) in [6.07, 6.45) is -0.242. The lowest BCUT2D eigenvalue weighted by Gasteiger charge is -2.13. The number of hydrogen-bond donors (Lipinski definition) is 3. The van der Waals surface area contributed by atoms with Gasteiger partial charge in [-0.05, 0) is 25.1 Å². The van der Waals surface area contributed by atoms with Crippen molar-refractivity contribution in [1.82, 2.24) is 4.72 Å². The number of nitrogens with one attached hydrogen (secondary N) is 1. The molecule has 1 amide bonds. The fraction of sp³-hybridized carbons (Fsp3) is 0.273. The number of carboxylic acid groups (broad SMARTS) is 1. The second-order valence-corrected chi connectivity index (χ2v) is 5.83. The minimum atomic E-state index is -4.20. The molecule has 0 aliphatic carbocycles. The van der Waals surface area contributed by atoms with Crippen LogP contribution in [0.4, 0.5) is 4.39 Å². The van der Waals surface area contributed by atoms with E-state index in [9.17, 15) is 22.4 Å². The normalized spacial score (nSPS) is 12.9. The van der Waals surface area contributed by atoms with E-state index in [1.54, 1.807) is 0 Å². The third-order valence-electron chi connectivity index (χ3n) is 2.33. The van der Waals surface area contributed by atoms with Gasteiger partial charge in [0.05, 0.1) is 5.56 Å². The lowest BCUT2D eigenvalue weighted by Crippen LogP contribution is -2.36. The molecule has 0 bridgehead atoms. The van der Waals surface area contributed by atoms with Gasteiger partial charge in [-0.15, -0.1) is 0 Å². The van der Waals surface area contributed by atoms with Crippen LogP contribution in [0.25, 0.3) is 0 Å². The molecule has 9 heteroatoms. The molecule has 110 valence electrons. The Balaban J connectivity index is 3.04. The highest BCUT2D eigenvalue weighted by atomic mass is 32.2. The van der Waals surface area contributed by atoms with E-state index in [1.165, 1.54) is 6.92 Å². The van der Waals surface area contributed by atoms with Crippen LogP contribution in [-0.2, 0) is 14.8 Å². The third-order valence-corrected chi connectivity index (χ3v) is 3.95. The molecule has 0 saturated heterocycles. The number of amides is 1. The monoisotopic (exact) mass is 304 g/mol. The van der Waals surface area contributed by atoms with Gasteiger partial charge in [0, 0.05) is 12.5 Å². The molecule has 1 rings (SSSR count). The molecule has 1 aromatic carbocycles. The van der Waals surface area contributed by atoms with Crippen molar-refractivity contribution in [3.05, 3.63) is 29.6 Å². The maximum Gasteiger partial charge on any atom is 0.335 e. The zero-order valence-corrected chi connectivity index (χ0v) is 11.3. The van der Waals surface area contributed by atoms with Crippen molar-refractivity contribution in [2.75, 3.05) is 0 Å². The first kappa shape index (κ1) is 16.1. The number of primary amides is 1. The summed E-state index contributed by atoms with van der Waals surface area (Å²) in [6, 6.07) is 1.61. The molecular weight excluding hydrogens is 291 g/mol. The molecule has 1 unspecified atom stereocenters. The second kappa shape index (κ2) is 5.97. The quantitative estimate of drug-likeness (QED) is 0.685. The number of nitrogens with two attached hydrogens (primary N) is 1. The fourth-order valence-electron chi connectivity index (χ4n) is 1.52. The van der Waals surface area contributed by atoms with E-state index in [2.05, 4.69) is 4.72 Å². The number of halogens is 1. The zero-order valence-electron chi connectivity index (χ0n) is 10.5. The minimum absolute atomic E-state index is 0.242. The van der Waals surface area contributed by atoms with Crippen LogP contribution in [0.15, 0.2) is 23.1 Å². The first-order valence-electron chi connectivity index (χ1n) is 5.47. The Morgan fingerprint density at radius 1 is 1.45 bits per heavy atom. The van der Waals surface area contributed by atoms with Gasteiger partial charge in [0.2, 0.25) is 15.9 Å². The molecule has 0 fully saturated rings. The van der Waals surface area contributed by atoms with E-state index in [-0.39, 0.29) is 12.0 Å². The van der Waals surface area contributed by atoms with Crippen molar-refractivity contribution in [1.29, 1.82) is 0 Å². The smallest absolute Gasteiger partial charge is 0.335 e. The van der Waals surface area contributed by atoms with Gasteiger partial charge < -0.3 is 10.8 Å². The summed E-state index contributed by atoms with van der Waals surface area (Å²) in [6.45, 7) is 1.39. The SMILES string of the molecule is CC(CC(N)=O)NS(=O)(=O)c1ccc(C(=O)O)cc1F. The number of sulfonamides is 1. The van der Waals surface area contributed by atoms with Gasteiger partial charge in [0.25, 0.3) is 0 Å². The van der Waals surface area contributed by atoms with Crippen molar-refractivity contribution in [2.45, 2.75) is 24.3 Å². The van der Waals surface area contributed by atoms with E-state index >= 15 is 0 Å². The largest absolute Gasteiger partial charge is 0.478 e.